The summed E-state index contributed by atoms with van der Waals surface area (Å²) in [5, 5.41) is 0. The topological polar surface area (TPSA) is 44.2 Å². The monoisotopic (exact) mass is 328 g/mol. The van der Waals surface area contributed by atoms with Gasteiger partial charge in [0.1, 0.15) is 6.61 Å². The summed E-state index contributed by atoms with van der Waals surface area (Å²) in [6.07, 6.45) is 3.47. The molecule has 0 saturated heterocycles. The van der Waals surface area contributed by atoms with Crippen LogP contribution in [0.1, 0.15) is 64.1 Å². The molecule has 0 saturated carbocycles. The van der Waals surface area contributed by atoms with Crippen molar-refractivity contribution in [3.63, 3.8) is 0 Å². The Labute approximate surface area is 145 Å². The molecule has 2 heterocycles. The van der Waals surface area contributed by atoms with Gasteiger partial charge in [-0.15, -0.1) is 0 Å². The molecular weight excluding hydrogens is 300 g/mol. The summed E-state index contributed by atoms with van der Waals surface area (Å²) in [4.78, 5) is 19.7. The maximum atomic E-state index is 5.47. The molecule has 24 heavy (non-hydrogen) atoms. The molecule has 2 rings (SSSR count). The smallest absolute Gasteiger partial charge is 0.183 e. The average Bonchev–Trinajstić information content (AvgIpc) is 2.47. The van der Waals surface area contributed by atoms with Crippen LogP contribution in [-0.2, 0) is 22.3 Å². The number of aromatic nitrogens is 2. The van der Waals surface area contributed by atoms with Gasteiger partial charge in [0.2, 0.25) is 0 Å². The second-order valence-electron chi connectivity index (χ2n) is 8.15. The van der Waals surface area contributed by atoms with Gasteiger partial charge in [-0.1, -0.05) is 47.6 Å². The lowest BCUT2D eigenvalue weighted by molar-refractivity contribution is -0.218. The van der Waals surface area contributed by atoms with Gasteiger partial charge in [-0.3, -0.25) is 9.97 Å². The van der Waals surface area contributed by atoms with Crippen molar-refractivity contribution in [1.82, 2.24) is 9.97 Å². The largest absolute Gasteiger partial charge is 0.335 e. The summed E-state index contributed by atoms with van der Waals surface area (Å²) in [7, 11) is 0. The van der Waals surface area contributed by atoms with Crippen LogP contribution in [0, 0.1) is 6.92 Å². The van der Waals surface area contributed by atoms with E-state index in [-0.39, 0.29) is 10.8 Å². The van der Waals surface area contributed by atoms with E-state index in [9.17, 15) is 0 Å². The van der Waals surface area contributed by atoms with Crippen LogP contribution in [0.2, 0.25) is 0 Å². The minimum absolute atomic E-state index is 0.0108. The predicted molar refractivity (Wildman–Crippen MR) is 96.0 cm³/mol. The van der Waals surface area contributed by atoms with Gasteiger partial charge in [0.15, 0.2) is 5.75 Å². The summed E-state index contributed by atoms with van der Waals surface area (Å²) in [5.74, 6) is 0.610. The lowest BCUT2D eigenvalue weighted by Crippen LogP contribution is -2.16. The summed E-state index contributed by atoms with van der Waals surface area (Å²) in [6.45, 7) is 15.3. The minimum Gasteiger partial charge on any atom is -0.335 e. The first-order valence-electron chi connectivity index (χ1n) is 8.30. The zero-order chi connectivity index (χ0) is 18.0. The van der Waals surface area contributed by atoms with Gasteiger partial charge in [0.25, 0.3) is 0 Å². The van der Waals surface area contributed by atoms with Crippen molar-refractivity contribution >= 4 is 0 Å². The number of hydrogen-bond donors (Lipinski definition) is 0. The van der Waals surface area contributed by atoms with E-state index in [2.05, 4.69) is 57.6 Å². The molecule has 0 unspecified atom stereocenters. The third-order valence-electron chi connectivity index (χ3n) is 3.92. The average molecular weight is 328 g/mol. The van der Waals surface area contributed by atoms with Crippen molar-refractivity contribution in [1.29, 1.82) is 0 Å². The van der Waals surface area contributed by atoms with Crippen molar-refractivity contribution in [3.8, 4) is 5.75 Å². The van der Waals surface area contributed by atoms with E-state index in [0.717, 1.165) is 22.5 Å². The third kappa shape index (κ3) is 4.54. The van der Waals surface area contributed by atoms with Gasteiger partial charge in [-0.05, 0) is 41.0 Å². The zero-order valence-electron chi connectivity index (χ0n) is 15.8. The molecule has 0 aliphatic rings. The molecule has 0 fully saturated rings. The maximum absolute atomic E-state index is 5.47. The summed E-state index contributed by atoms with van der Waals surface area (Å²) in [5.41, 5.74) is 4.23. The third-order valence-corrected chi connectivity index (χ3v) is 3.92. The first-order chi connectivity index (χ1) is 11.1. The van der Waals surface area contributed by atoms with E-state index < -0.39 is 0 Å². The minimum atomic E-state index is 0.0108. The van der Waals surface area contributed by atoms with Gasteiger partial charge >= 0.3 is 0 Å². The Morgan fingerprint density at radius 2 is 1.62 bits per heavy atom. The SMILES string of the molecule is Cc1ncc(OOCc2ncccc2C(C)(C)C)cc1C(C)(C)C. The van der Waals surface area contributed by atoms with E-state index in [4.69, 9.17) is 9.78 Å². The van der Waals surface area contributed by atoms with Crippen LogP contribution < -0.4 is 4.89 Å². The van der Waals surface area contributed by atoms with Gasteiger partial charge in [-0.25, -0.2) is 0 Å². The molecule has 0 atom stereocenters. The molecule has 4 nitrogen and oxygen atoms in total. The van der Waals surface area contributed by atoms with E-state index in [0.29, 0.717) is 12.4 Å². The van der Waals surface area contributed by atoms with Crippen molar-refractivity contribution in [2.75, 3.05) is 0 Å². The number of rotatable bonds is 4. The van der Waals surface area contributed by atoms with Crippen LogP contribution in [0.25, 0.3) is 0 Å². The quantitative estimate of drug-likeness (QED) is 0.592. The maximum Gasteiger partial charge on any atom is 0.183 e. The number of aryl methyl sites for hydroxylation is 1. The molecule has 4 heteroatoms. The first kappa shape index (κ1) is 18.4. The molecule has 0 spiro atoms. The number of pyridine rings is 2. The van der Waals surface area contributed by atoms with Crippen LogP contribution in [0.15, 0.2) is 30.6 Å². The number of hydrogen-bond acceptors (Lipinski definition) is 4. The molecule has 0 aliphatic heterocycles. The lowest BCUT2D eigenvalue weighted by atomic mass is 9.86. The molecule has 0 radical (unpaired) electrons. The highest BCUT2D eigenvalue weighted by molar-refractivity contribution is 5.33. The van der Waals surface area contributed by atoms with E-state index in [1.165, 1.54) is 0 Å². The number of nitrogens with zero attached hydrogens (tertiary/aromatic N) is 2. The first-order valence-corrected chi connectivity index (χ1v) is 8.30. The van der Waals surface area contributed by atoms with Crippen molar-refractivity contribution in [3.05, 3.63) is 53.1 Å². The van der Waals surface area contributed by atoms with Crippen molar-refractivity contribution in [2.45, 2.75) is 65.9 Å². The highest BCUT2D eigenvalue weighted by Gasteiger charge is 2.20. The second-order valence-corrected chi connectivity index (χ2v) is 8.15. The Bertz CT molecular complexity index is 698. The predicted octanol–water partition coefficient (Wildman–Crippen LogP) is 4.89. The zero-order valence-corrected chi connectivity index (χ0v) is 15.8. The van der Waals surface area contributed by atoms with Crippen LogP contribution in [0.3, 0.4) is 0 Å². The summed E-state index contributed by atoms with van der Waals surface area (Å²) in [6, 6.07) is 6.02. The Morgan fingerprint density at radius 3 is 2.25 bits per heavy atom. The fraction of sp³-hybridized carbons (Fsp3) is 0.500. The van der Waals surface area contributed by atoms with Crippen LogP contribution in [-0.4, -0.2) is 9.97 Å². The Balaban J connectivity index is 2.09. The van der Waals surface area contributed by atoms with Crippen molar-refractivity contribution in [2.24, 2.45) is 0 Å². The molecule has 2 aromatic heterocycles. The molecule has 0 aromatic carbocycles. The molecule has 0 bridgehead atoms. The van der Waals surface area contributed by atoms with E-state index in [1.54, 1.807) is 12.4 Å². The van der Waals surface area contributed by atoms with Crippen LogP contribution >= 0.6 is 0 Å². The normalized spacial score (nSPS) is 12.3. The summed E-state index contributed by atoms with van der Waals surface area (Å²) < 4.78 is 0. The van der Waals surface area contributed by atoms with Crippen LogP contribution in [0.5, 0.6) is 5.75 Å². The lowest BCUT2D eigenvalue weighted by Gasteiger charge is -2.22. The van der Waals surface area contributed by atoms with E-state index >= 15 is 0 Å². The molecule has 0 amide bonds. The Morgan fingerprint density at radius 1 is 0.958 bits per heavy atom. The standard InChI is InChI=1S/C20H28N2O2/c1-14-17(20(5,6)7)11-15(12-22-14)24-23-13-18-16(19(2,3)4)9-8-10-21-18/h8-12H,13H2,1-7H3. The molecule has 130 valence electrons. The van der Waals surface area contributed by atoms with Crippen LogP contribution in [0.4, 0.5) is 0 Å². The second kappa shape index (κ2) is 6.89. The van der Waals surface area contributed by atoms with Gasteiger partial charge in [0, 0.05) is 11.9 Å². The Kier molecular flexibility index (Phi) is 5.29. The molecule has 2 aromatic rings. The highest BCUT2D eigenvalue weighted by Crippen LogP contribution is 2.28. The van der Waals surface area contributed by atoms with Gasteiger partial charge < -0.3 is 4.89 Å². The fourth-order valence-electron chi connectivity index (χ4n) is 2.71. The molecular formula is C20H28N2O2. The highest BCUT2D eigenvalue weighted by atomic mass is 17.2. The Hall–Kier alpha value is -1.94. The van der Waals surface area contributed by atoms with Gasteiger partial charge in [-0.2, -0.15) is 4.89 Å². The van der Waals surface area contributed by atoms with Gasteiger partial charge in [0.05, 0.1) is 11.9 Å². The molecule has 0 aliphatic carbocycles. The fourth-order valence-corrected chi connectivity index (χ4v) is 2.71. The summed E-state index contributed by atoms with van der Waals surface area (Å²) >= 11 is 0. The molecule has 0 N–H and O–H groups in total. The van der Waals surface area contributed by atoms with E-state index in [1.807, 2.05) is 19.1 Å². The van der Waals surface area contributed by atoms with Crippen molar-refractivity contribution < 1.29 is 9.78 Å².